The van der Waals surface area contributed by atoms with E-state index in [9.17, 15) is 13.2 Å². The van der Waals surface area contributed by atoms with E-state index in [1.807, 2.05) is 0 Å². The third kappa shape index (κ3) is 3.41. The predicted molar refractivity (Wildman–Crippen MR) is 83.5 cm³/mol. The van der Waals surface area contributed by atoms with Crippen LogP contribution in [0.4, 0.5) is 0 Å². The van der Waals surface area contributed by atoms with Gasteiger partial charge in [-0.25, -0.2) is 13.4 Å². The van der Waals surface area contributed by atoms with Gasteiger partial charge in [0.1, 0.15) is 0 Å². The van der Waals surface area contributed by atoms with Gasteiger partial charge in [-0.3, -0.25) is 14.7 Å². The summed E-state index contributed by atoms with van der Waals surface area (Å²) in [6, 6.07) is 0. The largest absolute Gasteiger partial charge is 0.297 e. The number of nitrogens with one attached hydrogen (secondary N) is 1. The zero-order valence-corrected chi connectivity index (χ0v) is 13.8. The summed E-state index contributed by atoms with van der Waals surface area (Å²) in [5, 5.41) is -0.212. The molecule has 1 fully saturated rings. The van der Waals surface area contributed by atoms with Gasteiger partial charge in [-0.05, 0) is 25.2 Å². The topological polar surface area (TPSA) is 83.1 Å². The summed E-state index contributed by atoms with van der Waals surface area (Å²) < 4.78 is 23.2. The van der Waals surface area contributed by atoms with Gasteiger partial charge in [-0.15, -0.1) is 0 Å². The highest BCUT2D eigenvalue weighted by atomic mass is 32.2. The van der Waals surface area contributed by atoms with Gasteiger partial charge >= 0.3 is 0 Å². The lowest BCUT2D eigenvalue weighted by molar-refractivity contribution is 0.183. The van der Waals surface area contributed by atoms with E-state index >= 15 is 0 Å². The maximum atomic E-state index is 12.0. The molecule has 1 aromatic heterocycles. The highest BCUT2D eigenvalue weighted by Crippen LogP contribution is 2.26. The van der Waals surface area contributed by atoms with Gasteiger partial charge in [0.05, 0.1) is 5.69 Å². The number of fused-ring (bicyclic) bond motifs is 1. The maximum Gasteiger partial charge on any atom is 0.255 e. The van der Waals surface area contributed by atoms with Crippen LogP contribution in [0.5, 0.6) is 0 Å². The number of sulfone groups is 1. The van der Waals surface area contributed by atoms with Crippen LogP contribution in [-0.2, 0) is 22.8 Å². The van der Waals surface area contributed by atoms with Crippen LogP contribution in [0, 0.1) is 5.92 Å². The van der Waals surface area contributed by atoms with Gasteiger partial charge in [0.25, 0.3) is 5.56 Å². The molecule has 1 aliphatic heterocycles. The molecule has 1 N–H and O–H groups in total. The van der Waals surface area contributed by atoms with E-state index in [0.717, 1.165) is 25.3 Å². The molecule has 7 heteroatoms. The van der Waals surface area contributed by atoms with Crippen LogP contribution in [0.25, 0.3) is 0 Å². The van der Waals surface area contributed by atoms with E-state index in [2.05, 4.69) is 14.9 Å². The van der Waals surface area contributed by atoms with Crippen molar-refractivity contribution in [1.29, 1.82) is 0 Å². The number of nitrogens with zero attached hydrogens (tertiary/aromatic N) is 2. The zero-order chi connectivity index (χ0) is 15.7. The van der Waals surface area contributed by atoms with Crippen molar-refractivity contribution in [2.24, 2.45) is 5.92 Å². The fourth-order valence-electron chi connectivity index (χ4n) is 3.54. The molecular weight excluding hydrogens is 302 g/mol. The molecule has 0 spiro atoms. The van der Waals surface area contributed by atoms with E-state index in [4.69, 9.17) is 0 Å². The van der Waals surface area contributed by atoms with Gasteiger partial charge < -0.3 is 0 Å². The van der Waals surface area contributed by atoms with Gasteiger partial charge in [-0.2, -0.15) is 0 Å². The number of aromatic amines is 1. The molecule has 0 unspecified atom stereocenters. The second-order valence-electron chi connectivity index (χ2n) is 6.56. The van der Waals surface area contributed by atoms with E-state index in [1.54, 1.807) is 0 Å². The monoisotopic (exact) mass is 325 g/mol. The minimum Gasteiger partial charge on any atom is -0.297 e. The second kappa shape index (κ2) is 6.12. The van der Waals surface area contributed by atoms with Crippen LogP contribution in [0.3, 0.4) is 0 Å². The van der Waals surface area contributed by atoms with Crippen molar-refractivity contribution in [3.8, 4) is 0 Å². The molecule has 0 atom stereocenters. The highest BCUT2D eigenvalue weighted by Gasteiger charge is 2.25. The minimum absolute atomic E-state index is 0.212. The van der Waals surface area contributed by atoms with Crippen molar-refractivity contribution in [2.75, 3.05) is 19.3 Å². The molecule has 22 heavy (non-hydrogen) atoms. The van der Waals surface area contributed by atoms with Crippen molar-refractivity contribution in [3.63, 3.8) is 0 Å². The van der Waals surface area contributed by atoms with Crippen molar-refractivity contribution < 1.29 is 8.42 Å². The lowest BCUT2D eigenvalue weighted by Gasteiger charge is -2.32. The number of aromatic nitrogens is 2. The average molecular weight is 325 g/mol. The van der Waals surface area contributed by atoms with Gasteiger partial charge in [0, 0.05) is 31.5 Å². The van der Waals surface area contributed by atoms with Crippen molar-refractivity contribution >= 4 is 9.84 Å². The first-order valence-electron chi connectivity index (χ1n) is 7.98. The molecular formula is C15H23N3O3S. The summed E-state index contributed by atoms with van der Waals surface area (Å²) in [4.78, 5) is 21.0. The van der Waals surface area contributed by atoms with Crippen LogP contribution in [0.15, 0.2) is 9.95 Å². The first-order chi connectivity index (χ1) is 10.4. The fourth-order valence-corrected chi connectivity index (χ4v) is 4.09. The number of hydrogen-bond acceptors (Lipinski definition) is 5. The van der Waals surface area contributed by atoms with Crippen LogP contribution >= 0.6 is 0 Å². The first kappa shape index (κ1) is 15.7. The van der Waals surface area contributed by atoms with Crippen molar-refractivity contribution in [3.05, 3.63) is 21.6 Å². The third-order valence-corrected chi connectivity index (χ3v) is 5.62. The molecule has 1 aliphatic carbocycles. The van der Waals surface area contributed by atoms with E-state index in [-0.39, 0.29) is 10.7 Å². The predicted octanol–water partition coefficient (Wildman–Crippen LogP) is 1.11. The lowest BCUT2D eigenvalue weighted by Crippen LogP contribution is -2.38. The standard InChI is InChI=1S/C15H23N3O3S/c1-22(20,21)15-16-13-10-18(8-7-12(13)14(19)17-15)9-11-5-3-2-4-6-11/h11H,2-10H2,1H3,(H,16,17,19). The van der Waals surface area contributed by atoms with Crippen molar-refractivity contribution in [1.82, 2.24) is 14.9 Å². The molecule has 1 aromatic rings. The molecule has 2 heterocycles. The summed E-state index contributed by atoms with van der Waals surface area (Å²) in [6.07, 6.45) is 8.24. The SMILES string of the molecule is CS(=O)(=O)c1nc2c(c(=O)[nH]1)CCN(CC1CCCCC1)C2. The Labute approximate surface area is 130 Å². The normalized spacial score (nSPS) is 20.8. The molecule has 0 amide bonds. The Kier molecular flexibility index (Phi) is 4.36. The molecule has 0 aromatic carbocycles. The smallest absolute Gasteiger partial charge is 0.255 e. The lowest BCUT2D eigenvalue weighted by atomic mass is 9.88. The van der Waals surface area contributed by atoms with Crippen LogP contribution in [0.2, 0.25) is 0 Å². The first-order valence-corrected chi connectivity index (χ1v) is 9.87. The molecule has 3 rings (SSSR count). The van der Waals surface area contributed by atoms with Gasteiger partial charge in [0.2, 0.25) is 15.0 Å². The van der Waals surface area contributed by atoms with E-state index < -0.39 is 9.84 Å². The molecule has 1 saturated carbocycles. The Morgan fingerprint density at radius 3 is 2.68 bits per heavy atom. The van der Waals surface area contributed by atoms with Crippen LogP contribution in [0.1, 0.15) is 43.4 Å². The Morgan fingerprint density at radius 1 is 1.27 bits per heavy atom. The zero-order valence-electron chi connectivity index (χ0n) is 13.0. The highest BCUT2D eigenvalue weighted by molar-refractivity contribution is 7.90. The molecule has 0 radical (unpaired) electrons. The molecule has 0 bridgehead atoms. The summed E-state index contributed by atoms with van der Waals surface area (Å²) in [7, 11) is -3.49. The summed E-state index contributed by atoms with van der Waals surface area (Å²) in [5.74, 6) is 0.728. The summed E-state index contributed by atoms with van der Waals surface area (Å²) in [5.41, 5.74) is 0.973. The quantitative estimate of drug-likeness (QED) is 0.842. The minimum atomic E-state index is -3.49. The molecule has 6 nitrogen and oxygen atoms in total. The summed E-state index contributed by atoms with van der Waals surface area (Å²) in [6.45, 7) is 2.47. The van der Waals surface area contributed by atoms with Gasteiger partial charge in [0.15, 0.2) is 0 Å². The fraction of sp³-hybridized carbons (Fsp3) is 0.733. The second-order valence-corrected chi connectivity index (χ2v) is 8.49. The molecule has 2 aliphatic rings. The Hall–Kier alpha value is -1.21. The van der Waals surface area contributed by atoms with E-state index in [0.29, 0.717) is 24.2 Å². The summed E-state index contributed by atoms with van der Waals surface area (Å²) >= 11 is 0. The maximum absolute atomic E-state index is 12.0. The molecule has 0 saturated heterocycles. The van der Waals surface area contributed by atoms with Gasteiger partial charge in [-0.1, -0.05) is 19.3 Å². The Bertz CT molecular complexity index is 705. The number of rotatable bonds is 3. The number of H-pyrrole nitrogens is 1. The molecule has 122 valence electrons. The van der Waals surface area contributed by atoms with Crippen LogP contribution < -0.4 is 5.56 Å². The van der Waals surface area contributed by atoms with Crippen molar-refractivity contribution in [2.45, 2.75) is 50.2 Å². The van der Waals surface area contributed by atoms with Crippen LogP contribution in [-0.4, -0.2) is 42.6 Å². The Morgan fingerprint density at radius 2 is 2.00 bits per heavy atom. The third-order valence-electron chi connectivity index (χ3n) is 4.72. The Balaban J connectivity index is 1.79. The van der Waals surface area contributed by atoms with E-state index in [1.165, 1.54) is 32.1 Å². The average Bonchev–Trinajstić information content (AvgIpc) is 2.47. The number of hydrogen-bond donors (Lipinski definition) is 1.